The minimum absolute atomic E-state index is 0.0935. The summed E-state index contributed by atoms with van der Waals surface area (Å²) in [6, 6.07) is 3.96. The van der Waals surface area contributed by atoms with E-state index in [0.717, 1.165) is 27.7 Å². The Hall–Kier alpha value is -2.30. The van der Waals surface area contributed by atoms with Gasteiger partial charge in [0.25, 0.3) is 5.91 Å². The van der Waals surface area contributed by atoms with E-state index in [1.807, 2.05) is 26.0 Å². The molecule has 0 radical (unpaired) electrons. The van der Waals surface area contributed by atoms with Crippen LogP contribution in [0.5, 0.6) is 0 Å². The summed E-state index contributed by atoms with van der Waals surface area (Å²) in [4.78, 5) is 24.6. The molecule has 1 amide bonds. The molecule has 0 aliphatic rings. The lowest BCUT2D eigenvalue weighted by molar-refractivity contribution is -0.150. The Kier molecular flexibility index (Phi) is 4.31. The van der Waals surface area contributed by atoms with Crippen LogP contribution in [0, 0.1) is 13.8 Å². The second-order valence-corrected chi connectivity index (χ2v) is 5.32. The summed E-state index contributed by atoms with van der Waals surface area (Å²) in [7, 11) is 3.23. The number of hydrogen-bond donors (Lipinski definition) is 0. The fourth-order valence-electron chi connectivity index (χ4n) is 1.95. The molecule has 5 nitrogen and oxygen atoms in total. The minimum Gasteiger partial charge on any atom is -0.464 e. The number of nitrogens with zero attached hydrogens (tertiary/aromatic N) is 1. The first-order chi connectivity index (χ1) is 9.88. The highest BCUT2D eigenvalue weighted by Crippen LogP contribution is 2.25. The maximum Gasteiger partial charge on any atom is 0.310 e. The molecule has 0 saturated heterocycles. The number of carbonyl (C=O) groups excluding carboxylic acids is 2. The Morgan fingerprint density at radius 2 is 1.86 bits per heavy atom. The Morgan fingerprint density at radius 1 is 1.19 bits per heavy atom. The summed E-state index contributed by atoms with van der Waals surface area (Å²) < 4.78 is 10.4. The van der Waals surface area contributed by atoms with E-state index >= 15 is 0 Å². The van der Waals surface area contributed by atoms with Crippen molar-refractivity contribution in [1.82, 2.24) is 4.90 Å². The number of esters is 1. The van der Waals surface area contributed by atoms with Crippen LogP contribution >= 0.6 is 0 Å². The lowest BCUT2D eigenvalue weighted by Crippen LogP contribution is -2.27. The molecule has 2 rings (SSSR count). The number of carbonyl (C=O) groups is 2. The van der Waals surface area contributed by atoms with E-state index in [9.17, 15) is 9.59 Å². The molecule has 1 heterocycles. The Bertz CT molecular complexity index is 685. The molecule has 1 aromatic carbocycles. The fraction of sp³-hybridized carbons (Fsp3) is 0.375. The SMILES string of the molecule is Cc1cc2occ(CC(=O)OCC(=O)N(C)C)c2cc1C. The summed E-state index contributed by atoms with van der Waals surface area (Å²) in [6.45, 7) is 3.79. The third kappa shape index (κ3) is 3.42. The van der Waals surface area contributed by atoms with Gasteiger partial charge in [0.2, 0.25) is 0 Å². The van der Waals surface area contributed by atoms with Crippen molar-refractivity contribution < 1.29 is 18.7 Å². The highest BCUT2D eigenvalue weighted by Gasteiger charge is 2.14. The van der Waals surface area contributed by atoms with E-state index in [1.54, 1.807) is 20.4 Å². The summed E-state index contributed by atoms with van der Waals surface area (Å²) in [5, 5.41) is 0.911. The van der Waals surface area contributed by atoms with Crippen LogP contribution in [0.4, 0.5) is 0 Å². The second-order valence-electron chi connectivity index (χ2n) is 5.32. The minimum atomic E-state index is -0.439. The van der Waals surface area contributed by atoms with E-state index in [2.05, 4.69) is 0 Å². The third-order valence-corrected chi connectivity index (χ3v) is 3.46. The normalized spacial score (nSPS) is 10.7. The van der Waals surface area contributed by atoms with Crippen molar-refractivity contribution in [3.05, 3.63) is 35.1 Å². The van der Waals surface area contributed by atoms with Crippen molar-refractivity contribution in [3.8, 4) is 0 Å². The highest BCUT2D eigenvalue weighted by atomic mass is 16.5. The van der Waals surface area contributed by atoms with E-state index in [-0.39, 0.29) is 18.9 Å². The van der Waals surface area contributed by atoms with Gasteiger partial charge in [0, 0.05) is 25.0 Å². The number of aryl methyl sites for hydroxylation is 2. The van der Waals surface area contributed by atoms with Crippen molar-refractivity contribution in [2.45, 2.75) is 20.3 Å². The standard InChI is InChI=1S/C16H19NO4/c1-10-5-13-12(8-20-14(13)6-11(10)2)7-16(19)21-9-15(18)17(3)4/h5-6,8H,7,9H2,1-4H3. The van der Waals surface area contributed by atoms with Gasteiger partial charge in [-0.2, -0.15) is 0 Å². The lowest BCUT2D eigenvalue weighted by atomic mass is 10.0. The van der Waals surface area contributed by atoms with Gasteiger partial charge in [-0.3, -0.25) is 9.59 Å². The van der Waals surface area contributed by atoms with E-state index in [4.69, 9.17) is 9.15 Å². The summed E-state index contributed by atoms with van der Waals surface area (Å²) in [5.74, 6) is -0.682. The zero-order valence-electron chi connectivity index (χ0n) is 12.7. The quantitative estimate of drug-likeness (QED) is 0.810. The van der Waals surface area contributed by atoms with Crippen LogP contribution in [0.1, 0.15) is 16.7 Å². The maximum atomic E-state index is 11.8. The lowest BCUT2D eigenvalue weighted by Gasteiger charge is -2.10. The molecular weight excluding hydrogens is 270 g/mol. The molecule has 2 aromatic rings. The molecule has 0 atom stereocenters. The van der Waals surface area contributed by atoms with Gasteiger partial charge in [0.15, 0.2) is 6.61 Å². The maximum absolute atomic E-state index is 11.8. The molecule has 0 N–H and O–H groups in total. The fourth-order valence-corrected chi connectivity index (χ4v) is 1.95. The highest BCUT2D eigenvalue weighted by molar-refractivity contribution is 5.87. The predicted molar refractivity (Wildman–Crippen MR) is 79.0 cm³/mol. The molecule has 0 fully saturated rings. The van der Waals surface area contributed by atoms with Gasteiger partial charge in [0.1, 0.15) is 5.58 Å². The van der Waals surface area contributed by atoms with Crippen LogP contribution in [-0.4, -0.2) is 37.5 Å². The van der Waals surface area contributed by atoms with Crippen molar-refractivity contribution in [2.75, 3.05) is 20.7 Å². The largest absolute Gasteiger partial charge is 0.464 e. The molecule has 1 aromatic heterocycles. The number of benzene rings is 1. The van der Waals surface area contributed by atoms with Crippen LogP contribution in [0.2, 0.25) is 0 Å². The van der Waals surface area contributed by atoms with Crippen LogP contribution in [0.15, 0.2) is 22.8 Å². The molecule has 0 aliphatic carbocycles. The topological polar surface area (TPSA) is 59.8 Å². The van der Waals surface area contributed by atoms with Crippen LogP contribution in [-0.2, 0) is 20.7 Å². The van der Waals surface area contributed by atoms with E-state index < -0.39 is 5.97 Å². The molecule has 5 heteroatoms. The van der Waals surface area contributed by atoms with Gasteiger partial charge in [-0.15, -0.1) is 0 Å². The zero-order chi connectivity index (χ0) is 15.6. The molecular formula is C16H19NO4. The summed E-state index contributed by atoms with van der Waals surface area (Å²) in [6.07, 6.45) is 1.66. The Labute approximate surface area is 123 Å². The molecule has 0 saturated carbocycles. The Balaban J connectivity index is 2.08. The first-order valence-electron chi connectivity index (χ1n) is 6.71. The van der Waals surface area contributed by atoms with Gasteiger partial charge in [0.05, 0.1) is 12.7 Å². The monoisotopic (exact) mass is 289 g/mol. The molecule has 112 valence electrons. The second kappa shape index (κ2) is 5.99. The van der Waals surface area contributed by atoms with Gasteiger partial charge in [-0.05, 0) is 37.1 Å². The number of ether oxygens (including phenoxy) is 1. The zero-order valence-corrected chi connectivity index (χ0v) is 12.7. The van der Waals surface area contributed by atoms with Gasteiger partial charge >= 0.3 is 5.97 Å². The van der Waals surface area contributed by atoms with Crippen molar-refractivity contribution >= 4 is 22.8 Å². The van der Waals surface area contributed by atoms with Crippen molar-refractivity contribution in [1.29, 1.82) is 0 Å². The van der Waals surface area contributed by atoms with Crippen molar-refractivity contribution in [2.24, 2.45) is 0 Å². The van der Waals surface area contributed by atoms with Gasteiger partial charge < -0.3 is 14.1 Å². The number of rotatable bonds is 4. The number of fused-ring (bicyclic) bond motifs is 1. The van der Waals surface area contributed by atoms with Gasteiger partial charge in [-0.1, -0.05) is 0 Å². The van der Waals surface area contributed by atoms with Crippen molar-refractivity contribution in [3.63, 3.8) is 0 Å². The van der Waals surface area contributed by atoms with Crippen LogP contribution in [0.25, 0.3) is 11.0 Å². The number of amides is 1. The first-order valence-corrected chi connectivity index (χ1v) is 6.71. The molecule has 0 unspecified atom stereocenters. The number of furan rings is 1. The number of hydrogen-bond acceptors (Lipinski definition) is 4. The predicted octanol–water partition coefficient (Wildman–Crippen LogP) is 2.22. The summed E-state index contributed by atoms with van der Waals surface area (Å²) >= 11 is 0. The number of likely N-dealkylation sites (N-methyl/N-ethyl adjacent to an activating group) is 1. The van der Waals surface area contributed by atoms with Crippen LogP contribution < -0.4 is 0 Å². The van der Waals surface area contributed by atoms with E-state index in [0.29, 0.717) is 0 Å². The molecule has 0 aliphatic heterocycles. The Morgan fingerprint density at radius 3 is 2.52 bits per heavy atom. The van der Waals surface area contributed by atoms with Gasteiger partial charge in [-0.25, -0.2) is 0 Å². The summed E-state index contributed by atoms with van der Waals surface area (Å²) in [5.41, 5.74) is 3.81. The van der Waals surface area contributed by atoms with Crippen LogP contribution in [0.3, 0.4) is 0 Å². The first kappa shape index (κ1) is 15.1. The average molecular weight is 289 g/mol. The molecule has 0 spiro atoms. The average Bonchev–Trinajstić information content (AvgIpc) is 2.79. The smallest absolute Gasteiger partial charge is 0.310 e. The van der Waals surface area contributed by atoms with E-state index in [1.165, 1.54) is 4.90 Å². The molecule has 0 bridgehead atoms. The molecule has 21 heavy (non-hydrogen) atoms. The third-order valence-electron chi connectivity index (χ3n) is 3.46.